The van der Waals surface area contributed by atoms with Crippen molar-refractivity contribution in [3.8, 4) is 0 Å². The van der Waals surface area contributed by atoms with Crippen LogP contribution in [-0.4, -0.2) is 48.4 Å². The van der Waals surface area contributed by atoms with E-state index in [0.29, 0.717) is 0 Å². The van der Waals surface area contributed by atoms with Gasteiger partial charge in [0.1, 0.15) is 0 Å². The maximum atomic E-state index is 13.5. The van der Waals surface area contributed by atoms with Gasteiger partial charge in [-0.1, -0.05) is 18.2 Å². The minimum absolute atomic E-state index is 0.311. The molecule has 0 aliphatic rings. The van der Waals surface area contributed by atoms with E-state index in [2.05, 4.69) is 4.74 Å². The lowest BCUT2D eigenvalue weighted by Gasteiger charge is -2.39. The Labute approximate surface area is 158 Å². The Morgan fingerprint density at radius 2 is 1.10 bits per heavy atom. The molecule has 0 heterocycles. The number of esters is 1. The second kappa shape index (κ2) is 7.80. The van der Waals surface area contributed by atoms with Crippen LogP contribution in [-0.2, 0) is 4.74 Å². The summed E-state index contributed by atoms with van der Waals surface area (Å²) < 4.78 is 172. The molecule has 0 radical (unpaired) electrons. The van der Waals surface area contributed by atoms with E-state index in [4.69, 9.17) is 0 Å². The van der Waals surface area contributed by atoms with E-state index in [9.17, 15) is 61.9 Å². The molecule has 2 nitrogen and oxygen atoms in total. The average molecular weight is 468 g/mol. The average Bonchev–Trinajstić information content (AvgIpc) is 2.60. The standard InChI is InChI=1S/C15H9F13O2/c16-10(17,6-7-30-9(29)8-4-2-1-3-5-8)11(18,19)12(20,21)13(22,23)14(24,25)15(26,27)28/h1-5H,6-7H2. The highest BCUT2D eigenvalue weighted by atomic mass is 19.4. The predicted molar refractivity (Wildman–Crippen MR) is 72.1 cm³/mol. The fraction of sp³-hybridized carbons (Fsp3) is 0.533. The van der Waals surface area contributed by atoms with Gasteiger partial charge in [-0.2, -0.15) is 57.1 Å². The number of rotatable bonds is 8. The van der Waals surface area contributed by atoms with Crippen molar-refractivity contribution in [3.05, 3.63) is 35.9 Å². The van der Waals surface area contributed by atoms with Gasteiger partial charge in [-0.25, -0.2) is 4.79 Å². The number of halogens is 13. The number of alkyl halides is 13. The molecule has 0 fully saturated rings. The normalized spacial score (nSPS) is 14.6. The Morgan fingerprint density at radius 3 is 1.53 bits per heavy atom. The van der Waals surface area contributed by atoms with Crippen molar-refractivity contribution in [1.29, 1.82) is 0 Å². The van der Waals surface area contributed by atoms with Gasteiger partial charge in [-0.05, 0) is 12.1 Å². The van der Waals surface area contributed by atoms with Crippen molar-refractivity contribution in [2.45, 2.75) is 42.2 Å². The zero-order chi connectivity index (χ0) is 23.8. The largest absolute Gasteiger partial charge is 0.462 e. The molecule has 0 saturated carbocycles. The first-order valence-corrected chi connectivity index (χ1v) is 7.42. The lowest BCUT2D eigenvalue weighted by Crippen LogP contribution is -2.70. The van der Waals surface area contributed by atoms with Crippen molar-refractivity contribution < 1.29 is 66.6 Å². The third kappa shape index (κ3) is 4.15. The minimum atomic E-state index is -7.95. The Hall–Kier alpha value is -2.22. The summed E-state index contributed by atoms with van der Waals surface area (Å²) in [5, 5.41) is 0. The van der Waals surface area contributed by atoms with Crippen molar-refractivity contribution in [2.24, 2.45) is 0 Å². The summed E-state index contributed by atoms with van der Waals surface area (Å²) in [6, 6.07) is 6.02. The molecule has 1 aromatic carbocycles. The lowest BCUT2D eigenvalue weighted by molar-refractivity contribution is -0.440. The molecular weight excluding hydrogens is 459 g/mol. The molecule has 0 unspecified atom stereocenters. The maximum Gasteiger partial charge on any atom is 0.460 e. The van der Waals surface area contributed by atoms with Crippen LogP contribution in [0.3, 0.4) is 0 Å². The fourth-order valence-electron chi connectivity index (χ4n) is 1.89. The van der Waals surface area contributed by atoms with E-state index >= 15 is 0 Å². The molecule has 0 aromatic heterocycles. The van der Waals surface area contributed by atoms with Gasteiger partial charge in [0, 0.05) is 0 Å². The maximum absolute atomic E-state index is 13.5. The molecule has 15 heteroatoms. The summed E-state index contributed by atoms with van der Waals surface area (Å²) in [6.07, 6.45) is -10.1. The molecule has 1 rings (SSSR count). The molecule has 0 amide bonds. The van der Waals surface area contributed by atoms with Gasteiger partial charge in [-0.15, -0.1) is 0 Å². The Bertz CT molecular complexity index is 741. The zero-order valence-corrected chi connectivity index (χ0v) is 14.0. The van der Waals surface area contributed by atoms with Gasteiger partial charge in [0.2, 0.25) is 0 Å². The van der Waals surface area contributed by atoms with Gasteiger partial charge in [-0.3, -0.25) is 0 Å². The number of ether oxygens (including phenoxy) is 1. The van der Waals surface area contributed by atoms with Gasteiger partial charge in [0.25, 0.3) is 0 Å². The molecular formula is C15H9F13O2. The first-order chi connectivity index (χ1) is 13.2. The van der Waals surface area contributed by atoms with Crippen LogP contribution in [0.1, 0.15) is 16.8 Å². The summed E-state index contributed by atoms with van der Waals surface area (Å²) in [5.74, 6) is -38.7. The molecule has 0 bridgehead atoms. The minimum Gasteiger partial charge on any atom is -0.462 e. The molecule has 30 heavy (non-hydrogen) atoms. The van der Waals surface area contributed by atoms with Crippen LogP contribution in [0.25, 0.3) is 0 Å². The second-order valence-corrected chi connectivity index (χ2v) is 5.75. The van der Waals surface area contributed by atoms with Crippen LogP contribution in [0.15, 0.2) is 30.3 Å². The molecule has 172 valence electrons. The third-order valence-corrected chi connectivity index (χ3v) is 3.66. The van der Waals surface area contributed by atoms with Crippen LogP contribution in [0, 0.1) is 0 Å². The van der Waals surface area contributed by atoms with Crippen LogP contribution < -0.4 is 0 Å². The molecule has 0 spiro atoms. The van der Waals surface area contributed by atoms with Gasteiger partial charge in [0.05, 0.1) is 18.6 Å². The highest BCUT2D eigenvalue weighted by Gasteiger charge is 2.90. The Balaban J connectivity index is 3.07. The first kappa shape index (κ1) is 25.8. The van der Waals surface area contributed by atoms with Crippen molar-refractivity contribution in [2.75, 3.05) is 6.61 Å². The number of carbonyl (C=O) groups excluding carboxylic acids is 1. The molecule has 0 aliphatic heterocycles. The van der Waals surface area contributed by atoms with Crippen molar-refractivity contribution in [1.82, 2.24) is 0 Å². The van der Waals surface area contributed by atoms with Crippen molar-refractivity contribution in [3.63, 3.8) is 0 Å². The summed E-state index contributed by atoms with van der Waals surface area (Å²) in [4.78, 5) is 11.4. The molecule has 1 aromatic rings. The van der Waals surface area contributed by atoms with E-state index in [-0.39, 0.29) is 5.56 Å². The van der Waals surface area contributed by atoms with Gasteiger partial charge < -0.3 is 4.74 Å². The fourth-order valence-corrected chi connectivity index (χ4v) is 1.89. The van der Waals surface area contributed by atoms with Crippen LogP contribution in [0.4, 0.5) is 57.1 Å². The van der Waals surface area contributed by atoms with E-state index in [1.165, 1.54) is 18.2 Å². The van der Waals surface area contributed by atoms with Gasteiger partial charge >= 0.3 is 41.8 Å². The number of hydrogen-bond acceptors (Lipinski definition) is 2. The van der Waals surface area contributed by atoms with Crippen LogP contribution in [0.2, 0.25) is 0 Å². The van der Waals surface area contributed by atoms with Crippen molar-refractivity contribution >= 4 is 5.97 Å². The van der Waals surface area contributed by atoms with Gasteiger partial charge in [0.15, 0.2) is 0 Å². The zero-order valence-electron chi connectivity index (χ0n) is 14.0. The predicted octanol–water partition coefficient (Wildman–Crippen LogP) is 5.97. The molecule has 0 aliphatic carbocycles. The lowest BCUT2D eigenvalue weighted by atomic mass is 9.93. The summed E-state index contributed by atoms with van der Waals surface area (Å²) >= 11 is 0. The SMILES string of the molecule is O=C(OCCC(F)(F)C(F)(F)C(F)(F)C(F)(F)C(F)(F)C(F)(F)F)c1ccccc1. The molecule has 0 atom stereocenters. The summed E-state index contributed by atoms with van der Waals surface area (Å²) in [7, 11) is 0. The van der Waals surface area contributed by atoms with Crippen LogP contribution in [0.5, 0.6) is 0 Å². The monoisotopic (exact) mass is 468 g/mol. The second-order valence-electron chi connectivity index (χ2n) is 5.75. The number of benzene rings is 1. The summed E-state index contributed by atoms with van der Waals surface area (Å²) in [6.45, 7) is -1.78. The Morgan fingerprint density at radius 1 is 0.667 bits per heavy atom. The number of carbonyl (C=O) groups is 1. The highest BCUT2D eigenvalue weighted by molar-refractivity contribution is 5.89. The van der Waals surface area contributed by atoms with E-state index in [1.807, 2.05) is 0 Å². The molecule has 0 N–H and O–H groups in total. The Kier molecular flexibility index (Phi) is 6.71. The quantitative estimate of drug-likeness (QED) is 0.347. The summed E-state index contributed by atoms with van der Waals surface area (Å²) in [5.41, 5.74) is -0.311. The van der Waals surface area contributed by atoms with E-state index in [0.717, 1.165) is 12.1 Å². The highest BCUT2D eigenvalue weighted by Crippen LogP contribution is 2.60. The topological polar surface area (TPSA) is 26.3 Å². The van der Waals surface area contributed by atoms with Crippen LogP contribution >= 0.6 is 0 Å². The van der Waals surface area contributed by atoms with E-state index < -0.39 is 54.8 Å². The number of hydrogen-bond donors (Lipinski definition) is 0. The van der Waals surface area contributed by atoms with E-state index in [1.54, 1.807) is 0 Å². The first-order valence-electron chi connectivity index (χ1n) is 7.42. The smallest absolute Gasteiger partial charge is 0.460 e. The third-order valence-electron chi connectivity index (χ3n) is 3.66. The molecule has 0 saturated heterocycles.